The van der Waals surface area contributed by atoms with Gasteiger partial charge < -0.3 is 0 Å². The van der Waals surface area contributed by atoms with Gasteiger partial charge in [0.1, 0.15) is 5.82 Å². The number of tetrazole rings is 1. The molecule has 4 nitrogen and oxygen atoms in total. The first-order chi connectivity index (χ1) is 10.2. The van der Waals surface area contributed by atoms with Gasteiger partial charge in [0.05, 0.1) is 5.52 Å². The number of halogens is 2. The van der Waals surface area contributed by atoms with E-state index in [0.717, 1.165) is 22.0 Å². The Morgan fingerprint density at radius 2 is 1.95 bits per heavy atom. The summed E-state index contributed by atoms with van der Waals surface area (Å²) in [6, 6.07) is 13.8. The van der Waals surface area contributed by atoms with Gasteiger partial charge in [-0.05, 0) is 46.3 Å². The van der Waals surface area contributed by atoms with Crippen LogP contribution in [0.1, 0.15) is 0 Å². The van der Waals surface area contributed by atoms with Gasteiger partial charge >= 0.3 is 0 Å². The fourth-order valence-corrected chi connectivity index (χ4v) is 2.59. The van der Waals surface area contributed by atoms with Gasteiger partial charge in [0.25, 0.3) is 0 Å². The van der Waals surface area contributed by atoms with Gasteiger partial charge in [0.15, 0.2) is 5.65 Å². The van der Waals surface area contributed by atoms with Crippen LogP contribution in [0.25, 0.3) is 27.7 Å². The molecule has 0 radical (unpaired) electrons. The summed E-state index contributed by atoms with van der Waals surface area (Å²) in [4.78, 5) is 0. The molecule has 0 amide bonds. The maximum absolute atomic E-state index is 13.5. The van der Waals surface area contributed by atoms with Gasteiger partial charge in [-0.2, -0.15) is 4.52 Å². The van der Waals surface area contributed by atoms with Crippen molar-refractivity contribution in [1.82, 2.24) is 20.0 Å². The van der Waals surface area contributed by atoms with Crippen LogP contribution in [0.5, 0.6) is 0 Å². The zero-order valence-corrected chi connectivity index (χ0v) is 11.4. The number of fused-ring (bicyclic) bond motifs is 3. The third-order valence-corrected chi connectivity index (χ3v) is 3.60. The summed E-state index contributed by atoms with van der Waals surface area (Å²) in [6.45, 7) is 0. The fourth-order valence-electron chi connectivity index (χ4n) is 2.43. The molecule has 2 aromatic heterocycles. The highest BCUT2D eigenvalue weighted by atomic mass is 35.5. The minimum Gasteiger partial charge on any atom is -0.207 e. The van der Waals surface area contributed by atoms with E-state index >= 15 is 0 Å². The van der Waals surface area contributed by atoms with Gasteiger partial charge in [0.2, 0.25) is 0 Å². The third-order valence-electron chi connectivity index (χ3n) is 3.37. The topological polar surface area (TPSA) is 43.1 Å². The lowest BCUT2D eigenvalue weighted by molar-refractivity contribution is 0.628. The second-order valence-corrected chi connectivity index (χ2v) is 5.12. The summed E-state index contributed by atoms with van der Waals surface area (Å²) in [5.74, 6) is -0.297. The van der Waals surface area contributed by atoms with Gasteiger partial charge in [-0.15, -0.1) is 5.10 Å². The third kappa shape index (κ3) is 1.94. The predicted octanol–water partition coefficient (Wildman–Crippen LogP) is 3.74. The second kappa shape index (κ2) is 4.49. The Morgan fingerprint density at radius 1 is 1.05 bits per heavy atom. The lowest BCUT2D eigenvalue weighted by Crippen LogP contribution is -1.94. The quantitative estimate of drug-likeness (QED) is 0.538. The van der Waals surface area contributed by atoms with E-state index in [0.29, 0.717) is 10.7 Å². The number of pyridine rings is 1. The minimum atomic E-state index is -0.297. The number of nitrogens with zero attached hydrogens (tertiary/aromatic N) is 4. The molecule has 0 unspecified atom stereocenters. The molecule has 0 atom stereocenters. The first-order valence-corrected chi connectivity index (χ1v) is 6.66. The van der Waals surface area contributed by atoms with Crippen LogP contribution in [0.4, 0.5) is 4.39 Å². The van der Waals surface area contributed by atoms with Crippen LogP contribution < -0.4 is 0 Å². The number of rotatable bonds is 1. The molecule has 0 bridgehead atoms. The van der Waals surface area contributed by atoms with Crippen molar-refractivity contribution in [2.24, 2.45) is 0 Å². The molecule has 0 spiro atoms. The van der Waals surface area contributed by atoms with Crippen molar-refractivity contribution in [3.63, 3.8) is 0 Å². The van der Waals surface area contributed by atoms with Crippen molar-refractivity contribution in [2.45, 2.75) is 0 Å². The molecule has 0 aliphatic heterocycles. The first-order valence-electron chi connectivity index (χ1n) is 6.29. The standard InChI is InChI=1S/C15H8ClFN4/c16-11-5-4-10-7-13(9-2-1-3-12(17)6-9)15-18-19-20-21(15)14(10)8-11/h1-8H. The molecular formula is C15H8ClFN4. The lowest BCUT2D eigenvalue weighted by Gasteiger charge is -2.07. The SMILES string of the molecule is Fc1cccc(-c2cc3ccc(Cl)cc3n3nnnc23)c1. The van der Waals surface area contributed by atoms with E-state index < -0.39 is 0 Å². The zero-order chi connectivity index (χ0) is 14.4. The highest BCUT2D eigenvalue weighted by Gasteiger charge is 2.12. The van der Waals surface area contributed by atoms with Crippen LogP contribution >= 0.6 is 11.6 Å². The minimum absolute atomic E-state index is 0.297. The predicted molar refractivity (Wildman–Crippen MR) is 78.7 cm³/mol. The van der Waals surface area contributed by atoms with Gasteiger partial charge in [-0.3, -0.25) is 0 Å². The van der Waals surface area contributed by atoms with E-state index in [1.54, 1.807) is 22.7 Å². The highest BCUT2D eigenvalue weighted by Crippen LogP contribution is 2.29. The van der Waals surface area contributed by atoms with Crippen molar-refractivity contribution >= 4 is 28.2 Å². The van der Waals surface area contributed by atoms with E-state index in [1.165, 1.54) is 12.1 Å². The van der Waals surface area contributed by atoms with Crippen LogP contribution in [0, 0.1) is 5.82 Å². The Bertz CT molecular complexity index is 980. The smallest absolute Gasteiger partial charge is 0.187 e. The van der Waals surface area contributed by atoms with Crippen molar-refractivity contribution in [2.75, 3.05) is 0 Å². The van der Waals surface area contributed by atoms with Crippen LogP contribution in [0.2, 0.25) is 5.02 Å². The van der Waals surface area contributed by atoms with E-state index in [-0.39, 0.29) is 5.82 Å². The largest absolute Gasteiger partial charge is 0.207 e. The van der Waals surface area contributed by atoms with Crippen LogP contribution in [-0.4, -0.2) is 20.0 Å². The molecule has 102 valence electrons. The Balaban J connectivity index is 2.13. The molecule has 0 aliphatic rings. The molecule has 2 heterocycles. The van der Waals surface area contributed by atoms with E-state index in [9.17, 15) is 4.39 Å². The molecule has 4 rings (SSSR count). The van der Waals surface area contributed by atoms with Crippen LogP contribution in [-0.2, 0) is 0 Å². The van der Waals surface area contributed by atoms with E-state index in [4.69, 9.17) is 11.6 Å². The van der Waals surface area contributed by atoms with Gasteiger partial charge in [-0.25, -0.2) is 4.39 Å². The molecule has 0 saturated heterocycles. The first kappa shape index (κ1) is 12.2. The summed E-state index contributed by atoms with van der Waals surface area (Å²) in [7, 11) is 0. The Hall–Kier alpha value is -2.53. The van der Waals surface area contributed by atoms with E-state index in [2.05, 4.69) is 15.5 Å². The molecule has 4 aromatic rings. The van der Waals surface area contributed by atoms with Gasteiger partial charge in [0, 0.05) is 16.0 Å². The average Bonchev–Trinajstić information content (AvgIpc) is 2.96. The average molecular weight is 299 g/mol. The van der Waals surface area contributed by atoms with Crippen LogP contribution in [0.15, 0.2) is 48.5 Å². The molecule has 6 heteroatoms. The monoisotopic (exact) mass is 298 g/mol. The Kier molecular flexibility index (Phi) is 2.62. The fraction of sp³-hybridized carbons (Fsp3) is 0. The number of hydrogen-bond acceptors (Lipinski definition) is 3. The molecule has 0 N–H and O–H groups in total. The number of hydrogen-bond donors (Lipinski definition) is 0. The highest BCUT2D eigenvalue weighted by molar-refractivity contribution is 6.31. The molecule has 21 heavy (non-hydrogen) atoms. The van der Waals surface area contributed by atoms with Crippen molar-refractivity contribution in [3.8, 4) is 11.1 Å². The van der Waals surface area contributed by atoms with Gasteiger partial charge in [-0.1, -0.05) is 29.8 Å². The maximum Gasteiger partial charge on any atom is 0.187 e. The number of benzene rings is 2. The molecule has 0 fully saturated rings. The normalized spacial score (nSPS) is 11.3. The molecular weight excluding hydrogens is 291 g/mol. The summed E-state index contributed by atoms with van der Waals surface area (Å²) < 4.78 is 15.1. The summed E-state index contributed by atoms with van der Waals surface area (Å²) in [5, 5.41) is 13.3. The molecule has 2 aromatic carbocycles. The van der Waals surface area contributed by atoms with Crippen molar-refractivity contribution in [1.29, 1.82) is 0 Å². The Labute approximate surface area is 123 Å². The van der Waals surface area contributed by atoms with Crippen molar-refractivity contribution in [3.05, 3.63) is 59.4 Å². The Morgan fingerprint density at radius 3 is 2.81 bits per heavy atom. The molecule has 0 aliphatic carbocycles. The summed E-state index contributed by atoms with van der Waals surface area (Å²) in [5.41, 5.74) is 2.87. The lowest BCUT2D eigenvalue weighted by atomic mass is 10.0. The van der Waals surface area contributed by atoms with E-state index in [1.807, 2.05) is 18.2 Å². The molecule has 0 saturated carbocycles. The van der Waals surface area contributed by atoms with Crippen LogP contribution in [0.3, 0.4) is 0 Å². The number of aromatic nitrogens is 4. The van der Waals surface area contributed by atoms with Crippen molar-refractivity contribution < 1.29 is 4.39 Å². The summed E-state index contributed by atoms with van der Waals surface area (Å²) >= 11 is 6.03. The summed E-state index contributed by atoms with van der Waals surface area (Å²) in [6.07, 6.45) is 0. The maximum atomic E-state index is 13.5. The second-order valence-electron chi connectivity index (χ2n) is 4.69. The zero-order valence-electron chi connectivity index (χ0n) is 10.7.